The van der Waals surface area contributed by atoms with Crippen molar-refractivity contribution in [3.63, 3.8) is 0 Å². The van der Waals surface area contributed by atoms with Gasteiger partial charge in [0.25, 0.3) is 0 Å². The molecule has 0 aromatic carbocycles. The van der Waals surface area contributed by atoms with Crippen molar-refractivity contribution in [1.82, 2.24) is 0 Å². The van der Waals surface area contributed by atoms with Crippen molar-refractivity contribution in [1.29, 1.82) is 0 Å². The smallest absolute Gasteiger partial charge is 0.306 e. The topological polar surface area (TPSA) is 63.6 Å². The summed E-state index contributed by atoms with van der Waals surface area (Å²) in [7, 11) is 0. The normalized spacial score (nSPS) is 11.6. The van der Waals surface area contributed by atoms with Gasteiger partial charge in [0.15, 0.2) is 0 Å². The minimum absolute atomic E-state index is 0.0140. The maximum atomic E-state index is 11.3. The first-order chi connectivity index (χ1) is 20.5. The molecule has 0 rings (SSSR count). The maximum absolute atomic E-state index is 11.3. The highest BCUT2D eigenvalue weighted by Gasteiger charge is 2.15. The summed E-state index contributed by atoms with van der Waals surface area (Å²) >= 11 is 0. The second-order valence-corrected chi connectivity index (χ2v) is 12.7. The lowest BCUT2D eigenvalue weighted by molar-refractivity contribution is -0.144. The molecule has 0 spiro atoms. The lowest BCUT2D eigenvalue weighted by Crippen LogP contribution is -2.13. The van der Waals surface area contributed by atoms with E-state index in [1.54, 1.807) is 0 Å². The fourth-order valence-corrected chi connectivity index (χ4v) is 5.55. The molecule has 0 heterocycles. The minimum Gasteiger partial charge on any atom is -0.481 e. The molecule has 0 aliphatic carbocycles. The number of hydrogen-bond acceptors (Lipinski definition) is 3. The molecule has 1 atom stereocenters. The van der Waals surface area contributed by atoms with E-state index in [9.17, 15) is 9.59 Å². The molecule has 0 bridgehead atoms. The van der Waals surface area contributed by atoms with Crippen molar-refractivity contribution in [2.75, 3.05) is 6.61 Å². The van der Waals surface area contributed by atoms with Gasteiger partial charge < -0.3 is 9.84 Å². The van der Waals surface area contributed by atoms with E-state index in [1.165, 1.54) is 148 Å². The molecule has 1 N–H and O–H groups in total. The van der Waals surface area contributed by atoms with E-state index >= 15 is 0 Å². The van der Waals surface area contributed by atoms with Crippen LogP contribution in [-0.4, -0.2) is 23.7 Å². The van der Waals surface area contributed by atoms with Crippen LogP contribution in [0.3, 0.4) is 0 Å². The predicted octanol–water partition coefficient (Wildman–Crippen LogP) is 13.0. The van der Waals surface area contributed by atoms with Crippen LogP contribution >= 0.6 is 0 Å². The number of carbonyl (C=O) groups excluding carboxylic acids is 1. The second kappa shape index (κ2) is 38.0. The summed E-state index contributed by atoms with van der Waals surface area (Å²) in [6.45, 7) is 9.21. The summed E-state index contributed by atoms with van der Waals surface area (Å²) in [4.78, 5) is 22.3. The third-order valence-corrected chi connectivity index (χ3v) is 8.34. The first kappa shape index (κ1) is 43.1. The van der Waals surface area contributed by atoms with E-state index in [1.807, 2.05) is 6.92 Å². The summed E-state index contributed by atoms with van der Waals surface area (Å²) < 4.78 is 5.06. The Kier molecular flexibility index (Phi) is 38.9. The largest absolute Gasteiger partial charge is 0.481 e. The molecule has 0 fully saturated rings. The summed E-state index contributed by atoms with van der Waals surface area (Å²) in [6.07, 6.45) is 37.7. The number of carboxylic acid groups (broad SMARTS) is 1. The molecule has 0 radical (unpaired) electrons. The van der Waals surface area contributed by atoms with E-state index in [-0.39, 0.29) is 11.9 Å². The van der Waals surface area contributed by atoms with Gasteiger partial charge in [0.05, 0.1) is 12.5 Å². The third-order valence-electron chi connectivity index (χ3n) is 8.34. The molecule has 0 aliphatic rings. The summed E-state index contributed by atoms with van der Waals surface area (Å²) in [5, 5.41) is 9.08. The van der Waals surface area contributed by atoms with Crippen LogP contribution in [0, 0.1) is 5.92 Å². The quantitative estimate of drug-likeness (QED) is 0.0619. The zero-order valence-corrected chi connectivity index (χ0v) is 29.2. The third kappa shape index (κ3) is 37.0. The van der Waals surface area contributed by atoms with Crippen molar-refractivity contribution in [2.45, 2.75) is 220 Å². The molecule has 0 aromatic rings. The number of carboxylic acids is 1. The Morgan fingerprint density at radius 1 is 0.452 bits per heavy atom. The highest BCUT2D eigenvalue weighted by Crippen LogP contribution is 2.18. The molecular weight excluding hydrogens is 520 g/mol. The molecular formula is C38H76O4. The van der Waals surface area contributed by atoms with E-state index in [4.69, 9.17) is 9.84 Å². The number of unbranched alkanes of at least 4 members (excludes halogenated alkanes) is 23. The van der Waals surface area contributed by atoms with E-state index in [2.05, 4.69) is 20.8 Å². The number of aliphatic carboxylic acids is 1. The van der Waals surface area contributed by atoms with Crippen LogP contribution in [0.4, 0.5) is 0 Å². The molecule has 4 nitrogen and oxygen atoms in total. The molecule has 252 valence electrons. The number of esters is 1. The van der Waals surface area contributed by atoms with Crippen LogP contribution in [-0.2, 0) is 14.3 Å². The van der Waals surface area contributed by atoms with Crippen LogP contribution in [0.25, 0.3) is 0 Å². The van der Waals surface area contributed by atoms with Crippen molar-refractivity contribution in [2.24, 2.45) is 5.92 Å². The number of carbonyl (C=O) groups is 2. The van der Waals surface area contributed by atoms with Crippen LogP contribution in [0.2, 0.25) is 0 Å². The molecule has 0 amide bonds. The van der Waals surface area contributed by atoms with Gasteiger partial charge in [-0.2, -0.15) is 0 Å². The lowest BCUT2D eigenvalue weighted by Gasteiger charge is -2.10. The molecule has 0 saturated carbocycles. The minimum atomic E-state index is -0.597. The number of ether oxygens (including phenoxy) is 1. The van der Waals surface area contributed by atoms with Crippen LogP contribution in [0.15, 0.2) is 0 Å². The van der Waals surface area contributed by atoms with Gasteiger partial charge in [-0.25, -0.2) is 0 Å². The van der Waals surface area contributed by atoms with Gasteiger partial charge in [0.2, 0.25) is 0 Å². The fraction of sp³-hybridized carbons (Fsp3) is 0.947. The zero-order chi connectivity index (χ0) is 31.4. The Hall–Kier alpha value is -1.06. The van der Waals surface area contributed by atoms with E-state index < -0.39 is 5.97 Å². The van der Waals surface area contributed by atoms with Crippen LogP contribution in [0.1, 0.15) is 220 Å². The Bertz CT molecular complexity index is 531. The van der Waals surface area contributed by atoms with E-state index in [0.29, 0.717) is 13.0 Å². The maximum Gasteiger partial charge on any atom is 0.306 e. The van der Waals surface area contributed by atoms with Crippen molar-refractivity contribution < 1.29 is 19.4 Å². The summed E-state index contributed by atoms with van der Waals surface area (Å²) in [6, 6.07) is 0. The Labute approximate surface area is 263 Å². The molecule has 1 unspecified atom stereocenters. The van der Waals surface area contributed by atoms with Gasteiger partial charge in [0, 0.05) is 6.42 Å². The Balaban J connectivity index is 0. The molecule has 0 saturated heterocycles. The van der Waals surface area contributed by atoms with Crippen LogP contribution in [0.5, 0.6) is 0 Å². The molecule has 0 aliphatic heterocycles. The highest BCUT2D eigenvalue weighted by atomic mass is 16.5. The molecule has 42 heavy (non-hydrogen) atoms. The van der Waals surface area contributed by atoms with Gasteiger partial charge >= 0.3 is 11.9 Å². The summed E-state index contributed by atoms with van der Waals surface area (Å²) in [5.41, 5.74) is 0. The predicted molar refractivity (Wildman–Crippen MR) is 183 cm³/mol. The summed E-state index contributed by atoms with van der Waals surface area (Å²) in [5.74, 6) is -0.710. The average molecular weight is 597 g/mol. The molecule has 0 aromatic heterocycles. The number of hydrogen-bond donors (Lipinski definition) is 1. The fourth-order valence-electron chi connectivity index (χ4n) is 5.55. The number of rotatable bonds is 32. The van der Waals surface area contributed by atoms with Crippen molar-refractivity contribution in [3.05, 3.63) is 0 Å². The zero-order valence-electron chi connectivity index (χ0n) is 29.2. The Morgan fingerprint density at radius 2 is 0.810 bits per heavy atom. The second-order valence-electron chi connectivity index (χ2n) is 12.7. The standard InChI is InChI=1S/2C19H38O2/c1-3-5-6-7-8-9-10-11-12-13-14-15-16-17-19(20)21-18-4-2;1-3-5-6-7-8-9-10-11-12-13-14-15-17-18(16-4-2)19(20)21/h3-18H2,1-2H3;18H,3-17H2,1-2H3,(H,20,21). The average Bonchev–Trinajstić information content (AvgIpc) is 2.98. The SMILES string of the molecule is CCCCCCCCCCCCCCC(CCC)C(=O)O.CCCCCCCCCCCCCCCC(=O)OCCC. The molecule has 4 heteroatoms. The van der Waals surface area contributed by atoms with Gasteiger partial charge in [-0.3, -0.25) is 9.59 Å². The first-order valence-electron chi connectivity index (χ1n) is 18.9. The van der Waals surface area contributed by atoms with E-state index in [0.717, 1.165) is 38.5 Å². The monoisotopic (exact) mass is 597 g/mol. The van der Waals surface area contributed by atoms with Crippen molar-refractivity contribution in [3.8, 4) is 0 Å². The Morgan fingerprint density at radius 3 is 1.14 bits per heavy atom. The van der Waals surface area contributed by atoms with Crippen LogP contribution < -0.4 is 0 Å². The van der Waals surface area contributed by atoms with Crippen molar-refractivity contribution >= 4 is 11.9 Å². The van der Waals surface area contributed by atoms with Gasteiger partial charge in [-0.15, -0.1) is 0 Å². The first-order valence-corrected chi connectivity index (χ1v) is 18.9. The highest BCUT2D eigenvalue weighted by molar-refractivity contribution is 5.69. The van der Waals surface area contributed by atoms with Gasteiger partial charge in [0.1, 0.15) is 0 Å². The van der Waals surface area contributed by atoms with Gasteiger partial charge in [-0.1, -0.05) is 188 Å². The van der Waals surface area contributed by atoms with Gasteiger partial charge in [-0.05, 0) is 25.7 Å². The lowest BCUT2D eigenvalue weighted by atomic mass is 9.96.